The van der Waals surface area contributed by atoms with Crippen LogP contribution in [0.15, 0.2) is 18.3 Å². The largest absolute Gasteiger partial charge is 0.317 e. The second-order valence-corrected chi connectivity index (χ2v) is 5.08. The topological polar surface area (TPSA) is 24.9 Å². The molecule has 0 aromatic carbocycles. The molecule has 0 aliphatic heterocycles. The molecule has 2 nitrogen and oxygen atoms in total. The Morgan fingerprint density at radius 1 is 1.28 bits per heavy atom. The molecule has 0 atom stereocenters. The molecule has 0 radical (unpaired) electrons. The van der Waals surface area contributed by atoms with Gasteiger partial charge < -0.3 is 5.32 Å². The van der Waals surface area contributed by atoms with Crippen molar-refractivity contribution in [2.45, 2.75) is 52.0 Å². The Kier molecular flexibility index (Phi) is 7.29. The van der Waals surface area contributed by atoms with E-state index in [0.717, 1.165) is 18.4 Å². The van der Waals surface area contributed by atoms with E-state index in [1.807, 2.05) is 19.9 Å². The quantitative estimate of drug-likeness (QED) is 0.836. The lowest BCUT2D eigenvalue weighted by Gasteiger charge is -2.28. The standard InChI is InChI=1S/C13H19ClN2.C2H6/c1-15-12-4-2-10(3-5-12)8-11-6-7-16-13(14)9-11;1-2/h6-7,9-10,12,15H,2-5,8H2,1H3;1-2H3. The molecule has 1 aliphatic rings. The molecule has 0 unspecified atom stereocenters. The van der Waals surface area contributed by atoms with E-state index in [1.54, 1.807) is 6.20 Å². The van der Waals surface area contributed by atoms with Crippen LogP contribution in [0.2, 0.25) is 5.15 Å². The summed E-state index contributed by atoms with van der Waals surface area (Å²) in [7, 11) is 2.06. The van der Waals surface area contributed by atoms with E-state index >= 15 is 0 Å². The van der Waals surface area contributed by atoms with Gasteiger partial charge >= 0.3 is 0 Å². The van der Waals surface area contributed by atoms with E-state index in [2.05, 4.69) is 23.4 Å². The fourth-order valence-corrected chi connectivity index (χ4v) is 2.75. The van der Waals surface area contributed by atoms with E-state index in [0.29, 0.717) is 5.15 Å². The molecule has 1 saturated carbocycles. The molecule has 1 heterocycles. The van der Waals surface area contributed by atoms with Crippen LogP contribution in [0, 0.1) is 5.92 Å². The Morgan fingerprint density at radius 2 is 1.94 bits per heavy atom. The molecule has 1 aliphatic carbocycles. The van der Waals surface area contributed by atoms with Crippen LogP contribution < -0.4 is 5.32 Å². The lowest BCUT2D eigenvalue weighted by Crippen LogP contribution is -2.30. The molecular formula is C15H25ClN2. The van der Waals surface area contributed by atoms with Crippen molar-refractivity contribution >= 4 is 11.6 Å². The molecule has 0 saturated heterocycles. The Hall–Kier alpha value is -0.600. The van der Waals surface area contributed by atoms with Crippen LogP contribution in [0.1, 0.15) is 45.1 Å². The van der Waals surface area contributed by atoms with Crippen molar-refractivity contribution in [2.75, 3.05) is 7.05 Å². The van der Waals surface area contributed by atoms with Gasteiger partial charge in [0.05, 0.1) is 0 Å². The van der Waals surface area contributed by atoms with Gasteiger partial charge in [0.25, 0.3) is 0 Å². The van der Waals surface area contributed by atoms with Crippen molar-refractivity contribution in [1.29, 1.82) is 0 Å². The van der Waals surface area contributed by atoms with E-state index in [-0.39, 0.29) is 0 Å². The highest BCUT2D eigenvalue weighted by Gasteiger charge is 2.19. The van der Waals surface area contributed by atoms with Gasteiger partial charge in [-0.25, -0.2) is 4.98 Å². The average molecular weight is 269 g/mol. The summed E-state index contributed by atoms with van der Waals surface area (Å²) in [5.41, 5.74) is 1.33. The average Bonchev–Trinajstić information content (AvgIpc) is 2.42. The summed E-state index contributed by atoms with van der Waals surface area (Å²) in [5, 5.41) is 3.98. The van der Waals surface area contributed by atoms with Crippen molar-refractivity contribution in [3.05, 3.63) is 29.0 Å². The number of nitrogens with one attached hydrogen (secondary N) is 1. The van der Waals surface area contributed by atoms with Gasteiger partial charge in [-0.3, -0.25) is 0 Å². The number of halogens is 1. The molecule has 0 bridgehead atoms. The monoisotopic (exact) mass is 268 g/mol. The molecule has 3 heteroatoms. The second kappa shape index (κ2) is 8.49. The lowest BCUT2D eigenvalue weighted by molar-refractivity contribution is 0.300. The molecule has 102 valence electrons. The van der Waals surface area contributed by atoms with E-state index in [4.69, 9.17) is 11.6 Å². The summed E-state index contributed by atoms with van der Waals surface area (Å²) in [4.78, 5) is 4.01. The van der Waals surface area contributed by atoms with Crippen LogP contribution in [0.4, 0.5) is 0 Å². The van der Waals surface area contributed by atoms with Gasteiger partial charge in [-0.05, 0) is 62.8 Å². The van der Waals surface area contributed by atoms with Crippen LogP contribution in [-0.4, -0.2) is 18.1 Å². The first-order valence-electron chi connectivity index (χ1n) is 7.05. The summed E-state index contributed by atoms with van der Waals surface area (Å²) >= 11 is 5.89. The maximum absolute atomic E-state index is 5.89. The Labute approximate surface area is 116 Å². The summed E-state index contributed by atoms with van der Waals surface area (Å²) < 4.78 is 0. The van der Waals surface area contributed by atoms with Crippen LogP contribution in [0.3, 0.4) is 0 Å². The zero-order chi connectivity index (χ0) is 13.4. The number of hydrogen-bond acceptors (Lipinski definition) is 2. The molecule has 1 aromatic heterocycles. The Balaban J connectivity index is 0.000000771. The second-order valence-electron chi connectivity index (χ2n) is 4.70. The van der Waals surface area contributed by atoms with Gasteiger partial charge in [0.15, 0.2) is 0 Å². The summed E-state index contributed by atoms with van der Waals surface area (Å²) in [5.74, 6) is 0.822. The Morgan fingerprint density at radius 3 is 2.50 bits per heavy atom. The summed E-state index contributed by atoms with van der Waals surface area (Å²) in [6, 6.07) is 4.80. The zero-order valence-electron chi connectivity index (χ0n) is 11.7. The maximum atomic E-state index is 5.89. The van der Waals surface area contributed by atoms with Crippen molar-refractivity contribution in [1.82, 2.24) is 10.3 Å². The highest BCUT2D eigenvalue weighted by Crippen LogP contribution is 2.27. The Bertz CT molecular complexity index is 333. The first-order chi connectivity index (χ1) is 8.78. The van der Waals surface area contributed by atoms with E-state index in [9.17, 15) is 0 Å². The van der Waals surface area contributed by atoms with Gasteiger partial charge in [0, 0.05) is 12.2 Å². The third kappa shape index (κ3) is 4.95. The van der Waals surface area contributed by atoms with Crippen molar-refractivity contribution < 1.29 is 0 Å². The summed E-state index contributed by atoms with van der Waals surface area (Å²) in [6.07, 6.45) is 8.21. The molecule has 1 aromatic rings. The minimum absolute atomic E-state index is 0.612. The minimum Gasteiger partial charge on any atom is -0.317 e. The van der Waals surface area contributed by atoms with Crippen molar-refractivity contribution in [3.8, 4) is 0 Å². The smallest absolute Gasteiger partial charge is 0.129 e. The SMILES string of the molecule is CC.CNC1CCC(Cc2ccnc(Cl)c2)CC1. The molecule has 1 N–H and O–H groups in total. The highest BCUT2D eigenvalue weighted by atomic mass is 35.5. The first-order valence-corrected chi connectivity index (χ1v) is 7.43. The minimum atomic E-state index is 0.612. The molecule has 0 amide bonds. The first kappa shape index (κ1) is 15.5. The highest BCUT2D eigenvalue weighted by molar-refractivity contribution is 6.29. The third-order valence-electron chi connectivity index (χ3n) is 3.57. The van der Waals surface area contributed by atoms with E-state index in [1.165, 1.54) is 31.2 Å². The lowest BCUT2D eigenvalue weighted by atomic mass is 9.82. The molecular weight excluding hydrogens is 244 g/mol. The summed E-state index contributed by atoms with van der Waals surface area (Å²) in [6.45, 7) is 4.00. The van der Waals surface area contributed by atoms with Crippen LogP contribution in [-0.2, 0) is 6.42 Å². The molecule has 18 heavy (non-hydrogen) atoms. The molecule has 0 spiro atoms. The van der Waals surface area contributed by atoms with Gasteiger partial charge in [-0.2, -0.15) is 0 Å². The number of aromatic nitrogens is 1. The van der Waals surface area contributed by atoms with Crippen molar-refractivity contribution in [3.63, 3.8) is 0 Å². The number of nitrogens with zero attached hydrogens (tertiary/aromatic N) is 1. The number of hydrogen-bond donors (Lipinski definition) is 1. The normalized spacial score (nSPS) is 23.1. The number of rotatable bonds is 3. The number of pyridine rings is 1. The van der Waals surface area contributed by atoms with E-state index < -0.39 is 0 Å². The van der Waals surface area contributed by atoms with Gasteiger partial charge in [0.1, 0.15) is 5.15 Å². The van der Waals surface area contributed by atoms with Gasteiger partial charge in [-0.1, -0.05) is 25.4 Å². The molecule has 1 fully saturated rings. The third-order valence-corrected chi connectivity index (χ3v) is 3.78. The predicted octanol–water partition coefficient (Wildman–Crippen LogP) is 4.08. The van der Waals surface area contributed by atoms with Crippen LogP contribution in [0.5, 0.6) is 0 Å². The van der Waals surface area contributed by atoms with Gasteiger partial charge in [-0.15, -0.1) is 0 Å². The maximum Gasteiger partial charge on any atom is 0.129 e. The predicted molar refractivity (Wildman–Crippen MR) is 79.1 cm³/mol. The van der Waals surface area contributed by atoms with Crippen LogP contribution in [0.25, 0.3) is 0 Å². The molecule has 2 rings (SSSR count). The van der Waals surface area contributed by atoms with Gasteiger partial charge in [0.2, 0.25) is 0 Å². The fraction of sp³-hybridized carbons (Fsp3) is 0.667. The van der Waals surface area contributed by atoms with Crippen molar-refractivity contribution in [2.24, 2.45) is 5.92 Å². The fourth-order valence-electron chi connectivity index (χ4n) is 2.56. The van der Waals surface area contributed by atoms with Crippen LogP contribution >= 0.6 is 11.6 Å². The zero-order valence-corrected chi connectivity index (χ0v) is 12.5.